The minimum absolute atomic E-state index is 0.182. The first-order chi connectivity index (χ1) is 18.1. The molecule has 1 amide bonds. The second-order valence-electron chi connectivity index (χ2n) is 9.93. The molecule has 0 aromatic carbocycles. The fraction of sp³-hybridized carbons (Fsp3) is 0.346. The van der Waals surface area contributed by atoms with Gasteiger partial charge in [0.25, 0.3) is 0 Å². The first-order valence-corrected chi connectivity index (χ1v) is 12.0. The van der Waals surface area contributed by atoms with Crippen LogP contribution in [0.2, 0.25) is 0 Å². The van der Waals surface area contributed by atoms with Gasteiger partial charge in [-0.25, -0.2) is 13.7 Å². The molecule has 12 heteroatoms. The summed E-state index contributed by atoms with van der Waals surface area (Å²) in [4.78, 5) is 18.1. The van der Waals surface area contributed by atoms with Crippen LogP contribution in [0.15, 0.2) is 42.9 Å². The molecule has 0 aliphatic carbocycles. The number of hydrogen-bond donors (Lipinski definition) is 1. The van der Waals surface area contributed by atoms with Crippen molar-refractivity contribution >= 4 is 11.6 Å². The third-order valence-electron chi connectivity index (χ3n) is 5.93. The summed E-state index contributed by atoms with van der Waals surface area (Å²) < 4.78 is 28.0. The number of hydrogen-bond acceptors (Lipinski definition) is 8. The van der Waals surface area contributed by atoms with Crippen molar-refractivity contribution in [3.05, 3.63) is 65.6 Å². The maximum absolute atomic E-state index is 13.2. The summed E-state index contributed by atoms with van der Waals surface area (Å²) >= 11 is 0. The molecule has 11 nitrogen and oxygen atoms in total. The molecule has 1 unspecified atom stereocenters. The number of nitriles is 1. The van der Waals surface area contributed by atoms with Crippen LogP contribution < -0.4 is 4.74 Å². The Hall–Kier alpha value is -4.50. The first kappa shape index (κ1) is 25.2. The summed E-state index contributed by atoms with van der Waals surface area (Å²) in [6, 6.07) is 8.29. The highest BCUT2D eigenvalue weighted by atomic mass is 19.1. The number of nitrogens with zero attached hydrogens (tertiary/aromatic N) is 7. The molecule has 4 aromatic heterocycles. The van der Waals surface area contributed by atoms with Gasteiger partial charge in [-0.3, -0.25) is 9.67 Å². The highest BCUT2D eigenvalue weighted by Gasteiger charge is 2.27. The quantitative estimate of drug-likeness (QED) is 0.424. The zero-order valence-electron chi connectivity index (χ0n) is 21.1. The standard InChI is InChI=1S/C26H26FN7O4/c1-26(2,3)38-25(36)32-6-7-33-19(14-32)9-21(31-33)16-8-23(24-17(10-28)11-30-34(24)13-16)37-15-22(35)20-5-4-18(27)12-29-20/h4-5,8-9,11-13,22,35H,6-7,14-15H2,1-3H3. The molecule has 4 aromatic rings. The Morgan fingerprint density at radius 1 is 1.26 bits per heavy atom. The van der Waals surface area contributed by atoms with Crippen LogP contribution in [0.4, 0.5) is 9.18 Å². The van der Waals surface area contributed by atoms with Crippen molar-refractivity contribution in [2.75, 3.05) is 13.2 Å². The predicted octanol–water partition coefficient (Wildman–Crippen LogP) is 3.47. The van der Waals surface area contributed by atoms with Crippen LogP contribution in [0.1, 0.15) is 43.8 Å². The average molecular weight is 520 g/mol. The number of fused-ring (bicyclic) bond motifs is 2. The van der Waals surface area contributed by atoms with E-state index in [0.717, 1.165) is 11.9 Å². The Balaban J connectivity index is 1.42. The highest BCUT2D eigenvalue weighted by Crippen LogP contribution is 2.31. The number of pyridine rings is 2. The number of carbonyl (C=O) groups is 1. The van der Waals surface area contributed by atoms with E-state index in [1.54, 1.807) is 17.2 Å². The van der Waals surface area contributed by atoms with Gasteiger partial charge in [0.1, 0.15) is 47.0 Å². The largest absolute Gasteiger partial charge is 0.488 e. The number of ether oxygens (including phenoxy) is 2. The number of amides is 1. The van der Waals surface area contributed by atoms with Gasteiger partial charge in [-0.15, -0.1) is 0 Å². The van der Waals surface area contributed by atoms with Gasteiger partial charge in [-0.1, -0.05) is 0 Å². The SMILES string of the molecule is CC(C)(C)OC(=O)N1CCn2nc(-c3cc(OCC(O)c4ccc(F)cn4)c4c(C#N)cnn4c3)cc2C1. The lowest BCUT2D eigenvalue weighted by Gasteiger charge is -2.30. The predicted molar refractivity (Wildman–Crippen MR) is 132 cm³/mol. The van der Waals surface area contributed by atoms with Crippen molar-refractivity contribution in [1.29, 1.82) is 5.26 Å². The van der Waals surface area contributed by atoms with Crippen LogP contribution in [0.3, 0.4) is 0 Å². The smallest absolute Gasteiger partial charge is 0.410 e. The first-order valence-electron chi connectivity index (χ1n) is 12.0. The molecule has 1 aliphatic rings. The molecule has 0 saturated carbocycles. The van der Waals surface area contributed by atoms with Gasteiger partial charge in [0.15, 0.2) is 0 Å². The second kappa shape index (κ2) is 9.75. The van der Waals surface area contributed by atoms with Gasteiger partial charge >= 0.3 is 6.09 Å². The van der Waals surface area contributed by atoms with E-state index in [0.29, 0.717) is 47.7 Å². The lowest BCUT2D eigenvalue weighted by molar-refractivity contribution is 0.0194. The Morgan fingerprint density at radius 3 is 2.79 bits per heavy atom. The van der Waals surface area contributed by atoms with Crippen molar-refractivity contribution in [3.8, 4) is 23.1 Å². The molecule has 0 bridgehead atoms. The zero-order valence-corrected chi connectivity index (χ0v) is 21.1. The third kappa shape index (κ3) is 5.14. The summed E-state index contributed by atoms with van der Waals surface area (Å²) in [6.45, 7) is 6.64. The van der Waals surface area contributed by atoms with Gasteiger partial charge in [0.2, 0.25) is 0 Å². The number of aliphatic hydroxyl groups is 1. The van der Waals surface area contributed by atoms with Gasteiger partial charge in [0.05, 0.1) is 42.6 Å². The monoisotopic (exact) mass is 519 g/mol. The van der Waals surface area contributed by atoms with E-state index in [1.807, 2.05) is 31.5 Å². The van der Waals surface area contributed by atoms with Crippen LogP contribution in [0.25, 0.3) is 16.8 Å². The molecule has 0 radical (unpaired) electrons. The number of rotatable bonds is 5. The minimum Gasteiger partial charge on any atom is -0.488 e. The van der Waals surface area contributed by atoms with E-state index in [-0.39, 0.29) is 18.4 Å². The molecule has 1 atom stereocenters. The maximum atomic E-state index is 13.2. The van der Waals surface area contributed by atoms with Crippen LogP contribution >= 0.6 is 0 Å². The number of aliphatic hydroxyl groups excluding tert-OH is 1. The minimum atomic E-state index is -1.12. The van der Waals surface area contributed by atoms with Crippen LogP contribution in [0.5, 0.6) is 5.75 Å². The number of halogens is 1. The normalized spacial score (nSPS) is 14.2. The topological polar surface area (TPSA) is 131 Å². The van der Waals surface area contributed by atoms with E-state index in [9.17, 15) is 19.6 Å². The maximum Gasteiger partial charge on any atom is 0.410 e. The van der Waals surface area contributed by atoms with E-state index in [1.165, 1.54) is 22.8 Å². The van der Waals surface area contributed by atoms with Crippen LogP contribution in [0, 0.1) is 17.1 Å². The molecule has 0 fully saturated rings. The Kier molecular flexibility index (Phi) is 6.46. The molecular formula is C26H26FN7O4. The van der Waals surface area contributed by atoms with E-state index in [2.05, 4.69) is 16.2 Å². The number of aromatic nitrogens is 5. The molecular weight excluding hydrogens is 493 g/mol. The summed E-state index contributed by atoms with van der Waals surface area (Å²) in [5.74, 6) is -0.190. The highest BCUT2D eigenvalue weighted by molar-refractivity contribution is 5.74. The van der Waals surface area contributed by atoms with Gasteiger partial charge in [0, 0.05) is 18.3 Å². The molecule has 0 spiro atoms. The molecule has 38 heavy (non-hydrogen) atoms. The molecule has 5 heterocycles. The summed E-state index contributed by atoms with van der Waals surface area (Å²) in [7, 11) is 0. The van der Waals surface area contributed by atoms with Crippen molar-refractivity contribution < 1.29 is 23.8 Å². The Labute approximate surface area is 217 Å². The summed E-state index contributed by atoms with van der Waals surface area (Å²) in [5.41, 5.74) is 2.55. The molecule has 1 N–H and O–H groups in total. The van der Waals surface area contributed by atoms with Crippen molar-refractivity contribution in [1.82, 2.24) is 29.3 Å². The molecule has 1 aliphatic heterocycles. The fourth-order valence-corrected chi connectivity index (χ4v) is 4.14. The van der Waals surface area contributed by atoms with Crippen molar-refractivity contribution in [2.24, 2.45) is 0 Å². The van der Waals surface area contributed by atoms with E-state index in [4.69, 9.17) is 14.6 Å². The zero-order chi connectivity index (χ0) is 27.0. The van der Waals surface area contributed by atoms with Crippen LogP contribution in [-0.4, -0.2) is 59.2 Å². The molecule has 5 rings (SSSR count). The van der Waals surface area contributed by atoms with E-state index >= 15 is 0 Å². The second-order valence-corrected chi connectivity index (χ2v) is 9.93. The van der Waals surface area contributed by atoms with Crippen molar-refractivity contribution in [2.45, 2.75) is 45.6 Å². The average Bonchev–Trinajstić information content (AvgIpc) is 3.50. The lowest BCUT2D eigenvalue weighted by Crippen LogP contribution is -2.41. The number of carbonyl (C=O) groups excluding carboxylic acids is 1. The Bertz CT molecular complexity index is 1530. The van der Waals surface area contributed by atoms with Gasteiger partial charge in [-0.05, 0) is 45.0 Å². The van der Waals surface area contributed by atoms with E-state index < -0.39 is 17.5 Å². The summed E-state index contributed by atoms with van der Waals surface area (Å²) in [5, 5.41) is 29.0. The van der Waals surface area contributed by atoms with Gasteiger partial charge < -0.3 is 19.5 Å². The summed E-state index contributed by atoms with van der Waals surface area (Å²) in [6.07, 6.45) is 2.69. The fourth-order valence-electron chi connectivity index (χ4n) is 4.14. The molecule has 0 saturated heterocycles. The third-order valence-corrected chi connectivity index (χ3v) is 5.93. The van der Waals surface area contributed by atoms with Crippen molar-refractivity contribution in [3.63, 3.8) is 0 Å². The van der Waals surface area contributed by atoms with Crippen LogP contribution in [-0.2, 0) is 17.8 Å². The Morgan fingerprint density at radius 2 is 2.08 bits per heavy atom. The van der Waals surface area contributed by atoms with Gasteiger partial charge in [-0.2, -0.15) is 15.5 Å². The molecule has 196 valence electrons. The lowest BCUT2D eigenvalue weighted by atomic mass is 10.1.